The van der Waals surface area contributed by atoms with E-state index in [4.69, 9.17) is 10.2 Å². The number of para-hydroxylation sites is 1. The van der Waals surface area contributed by atoms with Gasteiger partial charge >= 0.3 is 0 Å². The molecule has 0 radical (unpaired) electrons. The van der Waals surface area contributed by atoms with E-state index in [9.17, 15) is 10.5 Å². The van der Waals surface area contributed by atoms with Crippen molar-refractivity contribution in [3.05, 3.63) is 65.7 Å². The van der Waals surface area contributed by atoms with E-state index < -0.39 is 0 Å². The fraction of sp³-hybridized carbons (Fsp3) is 0. The second-order valence-corrected chi connectivity index (χ2v) is 4.65. The number of furan rings is 1. The van der Waals surface area contributed by atoms with Crippen LogP contribution in [-0.2, 0) is 0 Å². The summed E-state index contributed by atoms with van der Waals surface area (Å²) < 4.78 is 6.65. The lowest BCUT2D eigenvalue weighted by atomic mass is 10.1. The number of hydrogen-bond donors (Lipinski definition) is 1. The van der Waals surface area contributed by atoms with Gasteiger partial charge in [0.2, 0.25) is 0 Å². The first-order valence-corrected chi connectivity index (χ1v) is 6.74. The molecule has 0 aliphatic rings. The van der Waals surface area contributed by atoms with Crippen LogP contribution >= 0.6 is 0 Å². The van der Waals surface area contributed by atoms with Gasteiger partial charge in [0.05, 0.1) is 17.5 Å². The molecule has 6 heteroatoms. The van der Waals surface area contributed by atoms with Gasteiger partial charge in [0, 0.05) is 6.08 Å². The van der Waals surface area contributed by atoms with Gasteiger partial charge in [-0.2, -0.15) is 15.6 Å². The summed E-state index contributed by atoms with van der Waals surface area (Å²) >= 11 is 0. The summed E-state index contributed by atoms with van der Waals surface area (Å²) in [6, 6.07) is 16.7. The van der Waals surface area contributed by atoms with Crippen molar-refractivity contribution >= 4 is 17.5 Å². The molecule has 1 aromatic carbocycles. The Morgan fingerprint density at radius 3 is 2.57 bits per heavy atom. The van der Waals surface area contributed by atoms with Crippen molar-refractivity contribution in [1.29, 1.82) is 10.5 Å². The molecule has 2 aromatic heterocycles. The first-order valence-electron chi connectivity index (χ1n) is 6.74. The van der Waals surface area contributed by atoms with Crippen molar-refractivity contribution in [2.75, 3.05) is 5.73 Å². The average molecular weight is 301 g/mol. The van der Waals surface area contributed by atoms with Gasteiger partial charge in [-0.1, -0.05) is 18.2 Å². The van der Waals surface area contributed by atoms with Crippen molar-refractivity contribution in [3.8, 4) is 17.8 Å². The van der Waals surface area contributed by atoms with E-state index in [1.54, 1.807) is 12.1 Å². The maximum absolute atomic E-state index is 9.41. The molecule has 23 heavy (non-hydrogen) atoms. The van der Waals surface area contributed by atoms with Gasteiger partial charge in [0.1, 0.15) is 35.0 Å². The topological polar surface area (TPSA) is 105 Å². The number of nitriles is 2. The lowest BCUT2D eigenvalue weighted by Gasteiger charge is -2.02. The molecule has 0 unspecified atom stereocenters. The van der Waals surface area contributed by atoms with Gasteiger partial charge in [-0.3, -0.25) is 0 Å². The Morgan fingerprint density at radius 1 is 1.17 bits per heavy atom. The van der Waals surface area contributed by atoms with Crippen LogP contribution in [0.5, 0.6) is 0 Å². The number of hydrogen-bond acceptors (Lipinski definition) is 5. The summed E-state index contributed by atoms with van der Waals surface area (Å²) in [5.74, 6) is 0.688. The number of nitrogen functional groups attached to an aromatic ring is 1. The van der Waals surface area contributed by atoms with E-state index in [2.05, 4.69) is 5.10 Å². The van der Waals surface area contributed by atoms with E-state index >= 15 is 0 Å². The molecule has 2 N–H and O–H groups in total. The molecular formula is C17H11N5O. The number of rotatable bonds is 3. The van der Waals surface area contributed by atoms with Crippen LogP contribution in [0.25, 0.3) is 17.3 Å². The maximum atomic E-state index is 9.41. The Labute approximate surface area is 132 Å². The van der Waals surface area contributed by atoms with Crippen LogP contribution in [0.3, 0.4) is 0 Å². The molecule has 0 aliphatic heterocycles. The minimum atomic E-state index is 0.160. The van der Waals surface area contributed by atoms with Gasteiger partial charge in [0.25, 0.3) is 0 Å². The molecular weight excluding hydrogens is 290 g/mol. The predicted molar refractivity (Wildman–Crippen MR) is 84.9 cm³/mol. The Morgan fingerprint density at radius 2 is 1.96 bits per heavy atom. The van der Waals surface area contributed by atoms with Crippen molar-refractivity contribution in [2.45, 2.75) is 0 Å². The number of aromatic nitrogens is 2. The van der Waals surface area contributed by atoms with E-state index in [0.29, 0.717) is 11.4 Å². The zero-order chi connectivity index (χ0) is 16.2. The van der Waals surface area contributed by atoms with E-state index in [0.717, 1.165) is 0 Å². The van der Waals surface area contributed by atoms with Crippen LogP contribution in [0, 0.1) is 22.7 Å². The highest BCUT2D eigenvalue weighted by molar-refractivity contribution is 5.90. The van der Waals surface area contributed by atoms with Crippen LogP contribution in [0.15, 0.2) is 53.1 Å². The van der Waals surface area contributed by atoms with Gasteiger partial charge in [-0.25, -0.2) is 4.68 Å². The highest BCUT2D eigenvalue weighted by atomic mass is 16.3. The zero-order valence-corrected chi connectivity index (χ0v) is 12.0. The molecule has 3 aromatic rings. The molecule has 3 rings (SSSR count). The normalized spacial score (nSPS) is 11.0. The highest BCUT2D eigenvalue weighted by Gasteiger charge is 2.20. The first kappa shape index (κ1) is 14.2. The van der Waals surface area contributed by atoms with Gasteiger partial charge in [-0.05, 0) is 24.3 Å². The third-order valence-electron chi connectivity index (χ3n) is 3.24. The molecule has 0 fully saturated rings. The Kier molecular flexibility index (Phi) is 3.65. The fourth-order valence-corrected chi connectivity index (χ4v) is 2.17. The Hall–Kier alpha value is -3.77. The van der Waals surface area contributed by atoms with Crippen molar-refractivity contribution in [3.63, 3.8) is 0 Å². The molecule has 110 valence electrons. The smallest absolute Gasteiger partial charge is 0.145 e. The molecule has 0 spiro atoms. The molecule has 0 aliphatic carbocycles. The number of nitrogens with zero attached hydrogens (tertiary/aromatic N) is 4. The summed E-state index contributed by atoms with van der Waals surface area (Å²) in [4.78, 5) is 0. The Balaban J connectivity index is 2.17. The minimum Gasteiger partial charge on any atom is -0.465 e. The monoisotopic (exact) mass is 301 g/mol. The summed E-state index contributed by atoms with van der Waals surface area (Å²) in [6.07, 6.45) is 3.03. The van der Waals surface area contributed by atoms with Crippen LogP contribution < -0.4 is 5.73 Å². The highest BCUT2D eigenvalue weighted by Crippen LogP contribution is 2.26. The minimum absolute atomic E-state index is 0.160. The lowest BCUT2D eigenvalue weighted by molar-refractivity contribution is 0.557. The quantitative estimate of drug-likeness (QED) is 0.749. The summed E-state index contributed by atoms with van der Waals surface area (Å²) in [7, 11) is 0. The van der Waals surface area contributed by atoms with Crippen LogP contribution in [-0.4, -0.2) is 9.78 Å². The van der Waals surface area contributed by atoms with Crippen LogP contribution in [0.4, 0.5) is 5.82 Å². The molecule has 0 amide bonds. The van der Waals surface area contributed by atoms with Crippen molar-refractivity contribution in [1.82, 2.24) is 9.78 Å². The molecule has 0 atom stereocenters. The van der Waals surface area contributed by atoms with Crippen molar-refractivity contribution in [2.24, 2.45) is 0 Å². The van der Waals surface area contributed by atoms with Gasteiger partial charge < -0.3 is 10.2 Å². The second kappa shape index (κ2) is 5.92. The summed E-state index contributed by atoms with van der Waals surface area (Å²) in [6.45, 7) is 0. The molecule has 0 saturated heterocycles. The van der Waals surface area contributed by atoms with E-state index in [1.807, 2.05) is 42.5 Å². The van der Waals surface area contributed by atoms with Crippen LogP contribution in [0.1, 0.15) is 17.0 Å². The first-order chi connectivity index (χ1) is 11.2. The SMILES string of the molecule is N#CC(=Cc1ccco1)c1nn(-c2ccccc2)c(N)c1C#N. The van der Waals surface area contributed by atoms with E-state index in [-0.39, 0.29) is 22.6 Å². The lowest BCUT2D eigenvalue weighted by Crippen LogP contribution is -2.02. The number of benzene rings is 1. The second-order valence-electron chi connectivity index (χ2n) is 4.65. The van der Waals surface area contributed by atoms with Crippen LogP contribution in [0.2, 0.25) is 0 Å². The zero-order valence-electron chi connectivity index (χ0n) is 12.0. The van der Waals surface area contributed by atoms with Gasteiger partial charge in [-0.15, -0.1) is 0 Å². The number of allylic oxidation sites excluding steroid dienone is 1. The summed E-state index contributed by atoms with van der Waals surface area (Å²) in [5.41, 5.74) is 7.34. The Bertz CT molecular complexity index is 938. The molecule has 2 heterocycles. The number of nitrogens with two attached hydrogens (primary N) is 1. The standard InChI is InChI=1S/C17H11N5O/c18-10-12(9-14-7-4-8-23-14)16-15(11-19)17(20)22(21-16)13-5-2-1-3-6-13/h1-9H,20H2. The summed E-state index contributed by atoms with van der Waals surface area (Å²) in [5, 5.41) is 23.1. The fourth-order valence-electron chi connectivity index (χ4n) is 2.17. The van der Waals surface area contributed by atoms with Gasteiger partial charge in [0.15, 0.2) is 0 Å². The maximum Gasteiger partial charge on any atom is 0.145 e. The van der Waals surface area contributed by atoms with E-state index in [1.165, 1.54) is 17.0 Å². The largest absolute Gasteiger partial charge is 0.465 e. The molecule has 6 nitrogen and oxygen atoms in total. The molecule has 0 saturated carbocycles. The third-order valence-corrected chi connectivity index (χ3v) is 3.24. The molecule has 0 bridgehead atoms. The predicted octanol–water partition coefficient (Wildman–Crippen LogP) is 2.98. The third kappa shape index (κ3) is 2.57. The average Bonchev–Trinajstić information content (AvgIpc) is 3.21. The van der Waals surface area contributed by atoms with Crippen molar-refractivity contribution < 1.29 is 4.42 Å². The number of anilines is 1.